The molecule has 2 atom stereocenters. The molecule has 1 saturated carbocycles. The van der Waals surface area contributed by atoms with E-state index in [0.717, 1.165) is 30.1 Å². The van der Waals surface area contributed by atoms with Gasteiger partial charge in [0.15, 0.2) is 5.82 Å². The second-order valence-corrected chi connectivity index (χ2v) is 5.04. The van der Waals surface area contributed by atoms with Gasteiger partial charge in [-0.2, -0.15) is 4.98 Å². The van der Waals surface area contributed by atoms with E-state index in [1.807, 2.05) is 6.07 Å². The van der Waals surface area contributed by atoms with Gasteiger partial charge in [-0.25, -0.2) is 4.98 Å². The molecule has 0 aliphatic heterocycles. The molecule has 0 radical (unpaired) electrons. The Morgan fingerprint density at radius 3 is 3.00 bits per heavy atom. The Labute approximate surface area is 105 Å². The zero-order valence-electron chi connectivity index (χ0n) is 10.3. The molecule has 1 aliphatic carbocycles. The molecule has 2 heterocycles. The number of anilines is 1. The summed E-state index contributed by atoms with van der Waals surface area (Å²) in [6.45, 7) is 2.27. The average molecular weight is 244 g/mol. The Morgan fingerprint density at radius 2 is 2.28 bits per heavy atom. The third kappa shape index (κ3) is 2.08. The van der Waals surface area contributed by atoms with Gasteiger partial charge in [0.25, 0.3) is 5.89 Å². The number of nitrogens with zero attached hydrogens (tertiary/aromatic N) is 3. The number of rotatable bonds is 2. The number of nitrogens with two attached hydrogens (primary N) is 1. The predicted octanol–water partition coefficient (Wildman–Crippen LogP) is 2.62. The SMILES string of the molecule is CC1CCC(c2noc(-c3ccnc(N)c3)n2)C1. The van der Waals surface area contributed by atoms with Gasteiger partial charge < -0.3 is 10.3 Å². The Hall–Kier alpha value is -1.91. The van der Waals surface area contributed by atoms with Crippen LogP contribution in [0.25, 0.3) is 11.5 Å². The van der Waals surface area contributed by atoms with E-state index in [2.05, 4.69) is 22.0 Å². The molecular weight excluding hydrogens is 228 g/mol. The van der Waals surface area contributed by atoms with Crippen LogP contribution in [0.1, 0.15) is 37.9 Å². The first-order chi connectivity index (χ1) is 8.72. The van der Waals surface area contributed by atoms with E-state index < -0.39 is 0 Å². The summed E-state index contributed by atoms with van der Waals surface area (Å²) in [5, 5.41) is 4.09. The van der Waals surface area contributed by atoms with Gasteiger partial charge >= 0.3 is 0 Å². The highest BCUT2D eigenvalue weighted by Crippen LogP contribution is 2.37. The number of hydrogen-bond acceptors (Lipinski definition) is 5. The fourth-order valence-corrected chi connectivity index (χ4v) is 2.54. The predicted molar refractivity (Wildman–Crippen MR) is 67.7 cm³/mol. The van der Waals surface area contributed by atoms with Crippen molar-refractivity contribution in [3.63, 3.8) is 0 Å². The van der Waals surface area contributed by atoms with Gasteiger partial charge in [0.1, 0.15) is 5.82 Å². The summed E-state index contributed by atoms with van der Waals surface area (Å²) in [5.74, 6) is 3.01. The van der Waals surface area contributed by atoms with Crippen LogP contribution < -0.4 is 5.73 Å². The first-order valence-electron chi connectivity index (χ1n) is 6.28. The minimum Gasteiger partial charge on any atom is -0.384 e. The second kappa shape index (κ2) is 4.40. The van der Waals surface area contributed by atoms with Crippen molar-refractivity contribution in [1.82, 2.24) is 15.1 Å². The van der Waals surface area contributed by atoms with E-state index in [9.17, 15) is 0 Å². The zero-order chi connectivity index (χ0) is 12.5. The number of hydrogen-bond donors (Lipinski definition) is 1. The van der Waals surface area contributed by atoms with Crippen LogP contribution >= 0.6 is 0 Å². The molecule has 5 heteroatoms. The largest absolute Gasteiger partial charge is 0.384 e. The van der Waals surface area contributed by atoms with E-state index in [0.29, 0.717) is 17.6 Å². The minimum absolute atomic E-state index is 0.441. The lowest BCUT2D eigenvalue weighted by molar-refractivity contribution is 0.414. The molecule has 94 valence electrons. The molecule has 0 aromatic carbocycles. The maximum absolute atomic E-state index is 5.64. The summed E-state index contributed by atoms with van der Waals surface area (Å²) in [6.07, 6.45) is 5.19. The third-order valence-corrected chi connectivity index (χ3v) is 3.53. The lowest BCUT2D eigenvalue weighted by Gasteiger charge is -2.01. The molecule has 3 rings (SSSR count). The van der Waals surface area contributed by atoms with Gasteiger partial charge in [0.2, 0.25) is 0 Å². The highest BCUT2D eigenvalue weighted by molar-refractivity contribution is 5.56. The van der Waals surface area contributed by atoms with Crippen molar-refractivity contribution in [3.05, 3.63) is 24.2 Å². The number of nitrogen functional groups attached to an aromatic ring is 1. The van der Waals surface area contributed by atoms with Crippen LogP contribution in [0.15, 0.2) is 22.9 Å². The second-order valence-electron chi connectivity index (χ2n) is 5.04. The highest BCUT2D eigenvalue weighted by Gasteiger charge is 2.27. The molecule has 0 saturated heterocycles. The molecule has 5 nitrogen and oxygen atoms in total. The molecule has 1 fully saturated rings. The number of aromatic nitrogens is 3. The molecule has 0 bridgehead atoms. The normalized spacial score (nSPS) is 23.4. The molecule has 0 spiro atoms. The van der Waals surface area contributed by atoms with Gasteiger partial charge in [-0.3, -0.25) is 0 Å². The van der Waals surface area contributed by atoms with Crippen LogP contribution in [-0.4, -0.2) is 15.1 Å². The first kappa shape index (κ1) is 11.2. The lowest BCUT2D eigenvalue weighted by Crippen LogP contribution is -1.96. The van der Waals surface area contributed by atoms with Crippen molar-refractivity contribution >= 4 is 5.82 Å². The van der Waals surface area contributed by atoms with Crippen LogP contribution in [0.3, 0.4) is 0 Å². The van der Waals surface area contributed by atoms with Crippen molar-refractivity contribution in [2.45, 2.75) is 32.1 Å². The van der Waals surface area contributed by atoms with Gasteiger partial charge in [0.05, 0.1) is 0 Å². The van der Waals surface area contributed by atoms with Crippen molar-refractivity contribution in [2.75, 3.05) is 5.73 Å². The Morgan fingerprint density at radius 1 is 1.39 bits per heavy atom. The minimum atomic E-state index is 0.441. The Bertz CT molecular complexity index is 551. The number of pyridine rings is 1. The lowest BCUT2D eigenvalue weighted by atomic mass is 10.1. The Kier molecular flexibility index (Phi) is 2.74. The summed E-state index contributed by atoms with van der Waals surface area (Å²) in [7, 11) is 0. The zero-order valence-corrected chi connectivity index (χ0v) is 10.3. The van der Waals surface area contributed by atoms with Gasteiger partial charge in [-0.05, 0) is 37.3 Å². The molecule has 0 amide bonds. The fourth-order valence-electron chi connectivity index (χ4n) is 2.54. The van der Waals surface area contributed by atoms with Crippen molar-refractivity contribution < 1.29 is 4.52 Å². The summed E-state index contributed by atoms with van der Waals surface area (Å²) < 4.78 is 5.31. The molecule has 2 aromatic heterocycles. The van der Waals surface area contributed by atoms with Crippen molar-refractivity contribution in [1.29, 1.82) is 0 Å². The summed E-state index contributed by atoms with van der Waals surface area (Å²) in [6, 6.07) is 3.57. The summed E-state index contributed by atoms with van der Waals surface area (Å²) in [5.41, 5.74) is 6.47. The summed E-state index contributed by atoms with van der Waals surface area (Å²) >= 11 is 0. The maximum atomic E-state index is 5.64. The van der Waals surface area contributed by atoms with E-state index >= 15 is 0 Å². The first-order valence-corrected chi connectivity index (χ1v) is 6.28. The average Bonchev–Trinajstić information content (AvgIpc) is 2.97. The molecule has 18 heavy (non-hydrogen) atoms. The smallest absolute Gasteiger partial charge is 0.258 e. The van der Waals surface area contributed by atoms with Gasteiger partial charge in [0, 0.05) is 17.7 Å². The van der Waals surface area contributed by atoms with Crippen molar-refractivity contribution in [3.8, 4) is 11.5 Å². The van der Waals surface area contributed by atoms with E-state index in [1.54, 1.807) is 12.3 Å². The monoisotopic (exact) mass is 244 g/mol. The summed E-state index contributed by atoms with van der Waals surface area (Å²) in [4.78, 5) is 8.42. The standard InChI is InChI=1S/C13H16N4O/c1-8-2-3-9(6-8)12-16-13(18-17-12)10-4-5-15-11(14)7-10/h4-5,7-9H,2-3,6H2,1H3,(H2,14,15). The molecule has 2 N–H and O–H groups in total. The Balaban J connectivity index is 1.85. The molecule has 2 aromatic rings. The van der Waals surface area contributed by atoms with Gasteiger partial charge in [-0.1, -0.05) is 12.1 Å². The van der Waals surface area contributed by atoms with E-state index in [-0.39, 0.29) is 0 Å². The van der Waals surface area contributed by atoms with Crippen molar-refractivity contribution in [2.24, 2.45) is 5.92 Å². The van der Waals surface area contributed by atoms with Crippen LogP contribution in [0.5, 0.6) is 0 Å². The van der Waals surface area contributed by atoms with Crippen LogP contribution in [-0.2, 0) is 0 Å². The third-order valence-electron chi connectivity index (χ3n) is 3.53. The topological polar surface area (TPSA) is 77.8 Å². The van der Waals surface area contributed by atoms with Gasteiger partial charge in [-0.15, -0.1) is 0 Å². The van der Waals surface area contributed by atoms with Crippen LogP contribution in [0, 0.1) is 5.92 Å². The quantitative estimate of drug-likeness (QED) is 0.878. The fraction of sp³-hybridized carbons (Fsp3) is 0.462. The van der Waals surface area contributed by atoms with E-state index in [1.165, 1.54) is 6.42 Å². The van der Waals surface area contributed by atoms with E-state index in [4.69, 9.17) is 10.3 Å². The maximum Gasteiger partial charge on any atom is 0.258 e. The van der Waals surface area contributed by atoms with Crippen LogP contribution in [0.4, 0.5) is 5.82 Å². The highest BCUT2D eigenvalue weighted by atomic mass is 16.5. The van der Waals surface area contributed by atoms with Crippen LogP contribution in [0.2, 0.25) is 0 Å². The molecule has 1 aliphatic rings. The molecular formula is C13H16N4O. The molecule has 2 unspecified atom stereocenters.